The summed E-state index contributed by atoms with van der Waals surface area (Å²) in [6, 6.07) is 6.72. The number of benzene rings is 2. The van der Waals surface area contributed by atoms with Gasteiger partial charge >= 0.3 is 0 Å². The van der Waals surface area contributed by atoms with Gasteiger partial charge in [-0.05, 0) is 43.3 Å². The summed E-state index contributed by atoms with van der Waals surface area (Å²) >= 11 is 17.5. The molecule has 1 N–H and O–H groups in total. The maximum Gasteiger partial charge on any atom is 0.142 e. The Morgan fingerprint density at radius 3 is 2.33 bits per heavy atom. The second-order valence-electron chi connectivity index (χ2n) is 4.57. The summed E-state index contributed by atoms with van der Waals surface area (Å²) in [6.45, 7) is 0. The molecule has 0 aliphatic rings. The van der Waals surface area contributed by atoms with Gasteiger partial charge in [0.1, 0.15) is 11.6 Å². The van der Waals surface area contributed by atoms with Crippen LogP contribution in [-0.2, 0) is 6.42 Å². The number of nitrogens with one attached hydrogen (secondary N) is 1. The average Bonchev–Trinajstić information content (AvgIpc) is 2.43. The van der Waals surface area contributed by atoms with Crippen LogP contribution in [0.5, 0.6) is 0 Å². The predicted molar refractivity (Wildman–Crippen MR) is 83.3 cm³/mol. The van der Waals surface area contributed by atoms with Crippen molar-refractivity contribution in [2.24, 2.45) is 0 Å². The molecule has 2 aromatic rings. The molecule has 1 atom stereocenters. The molecular formula is C15H12Cl3F2N. The highest BCUT2D eigenvalue weighted by molar-refractivity contribution is 6.35. The monoisotopic (exact) mass is 349 g/mol. The van der Waals surface area contributed by atoms with Crippen molar-refractivity contribution in [3.8, 4) is 0 Å². The molecule has 0 aliphatic carbocycles. The fourth-order valence-electron chi connectivity index (χ4n) is 2.08. The van der Waals surface area contributed by atoms with Crippen LogP contribution in [-0.4, -0.2) is 7.05 Å². The molecule has 0 amide bonds. The van der Waals surface area contributed by atoms with Gasteiger partial charge in [0, 0.05) is 21.7 Å². The molecule has 1 nitrogen and oxygen atoms in total. The van der Waals surface area contributed by atoms with E-state index in [0.717, 1.165) is 17.7 Å². The molecule has 2 rings (SSSR count). The average molecular weight is 351 g/mol. The largest absolute Gasteiger partial charge is 0.313 e. The molecular weight excluding hydrogens is 339 g/mol. The third-order valence-corrected chi connectivity index (χ3v) is 4.08. The first-order chi connectivity index (χ1) is 9.92. The lowest BCUT2D eigenvalue weighted by Gasteiger charge is -2.18. The smallest absolute Gasteiger partial charge is 0.142 e. The molecule has 0 spiro atoms. The summed E-state index contributed by atoms with van der Waals surface area (Å²) in [7, 11) is 1.67. The zero-order chi connectivity index (χ0) is 15.6. The molecule has 6 heteroatoms. The molecule has 21 heavy (non-hydrogen) atoms. The van der Waals surface area contributed by atoms with Crippen LogP contribution < -0.4 is 5.32 Å². The molecule has 0 saturated carbocycles. The fraction of sp³-hybridized carbons (Fsp3) is 0.200. The summed E-state index contributed by atoms with van der Waals surface area (Å²) in [4.78, 5) is 0. The Hall–Kier alpha value is -0.870. The van der Waals surface area contributed by atoms with Crippen molar-refractivity contribution in [2.75, 3.05) is 7.05 Å². The summed E-state index contributed by atoms with van der Waals surface area (Å²) in [5, 5.41) is 3.72. The molecule has 0 radical (unpaired) electrons. The van der Waals surface area contributed by atoms with Gasteiger partial charge in [-0.1, -0.05) is 40.9 Å². The zero-order valence-corrected chi connectivity index (χ0v) is 13.3. The molecule has 0 bridgehead atoms. The maximum atomic E-state index is 14.0. The Kier molecular flexibility index (Phi) is 5.44. The minimum absolute atomic E-state index is 0.199. The van der Waals surface area contributed by atoms with Crippen molar-refractivity contribution in [2.45, 2.75) is 12.5 Å². The van der Waals surface area contributed by atoms with Gasteiger partial charge in [0.15, 0.2) is 0 Å². The first-order valence-electron chi connectivity index (χ1n) is 6.18. The van der Waals surface area contributed by atoms with E-state index in [1.54, 1.807) is 25.2 Å². The number of hydrogen-bond acceptors (Lipinski definition) is 1. The van der Waals surface area contributed by atoms with Crippen LogP contribution in [0, 0.1) is 11.6 Å². The van der Waals surface area contributed by atoms with Gasteiger partial charge in [-0.25, -0.2) is 8.78 Å². The minimum atomic E-state index is -0.657. The van der Waals surface area contributed by atoms with Gasteiger partial charge in [0.05, 0.1) is 5.02 Å². The topological polar surface area (TPSA) is 12.0 Å². The van der Waals surface area contributed by atoms with Crippen molar-refractivity contribution in [3.05, 3.63) is 68.2 Å². The number of hydrogen-bond donors (Lipinski definition) is 1. The van der Waals surface area contributed by atoms with E-state index < -0.39 is 17.7 Å². The lowest BCUT2D eigenvalue weighted by molar-refractivity contribution is 0.523. The van der Waals surface area contributed by atoms with E-state index in [4.69, 9.17) is 34.8 Å². The van der Waals surface area contributed by atoms with Crippen molar-refractivity contribution < 1.29 is 8.78 Å². The minimum Gasteiger partial charge on any atom is -0.313 e. The van der Waals surface area contributed by atoms with Crippen molar-refractivity contribution >= 4 is 34.8 Å². The Labute approximate surface area is 136 Å². The molecule has 112 valence electrons. The SMILES string of the molecule is CNC(Cc1ccc(Cl)cc1Cl)c1cc(F)c(Cl)cc1F. The second kappa shape index (κ2) is 6.93. The molecule has 2 aromatic carbocycles. The zero-order valence-electron chi connectivity index (χ0n) is 11.1. The lowest BCUT2D eigenvalue weighted by atomic mass is 9.98. The quantitative estimate of drug-likeness (QED) is 0.725. The summed E-state index contributed by atoms with van der Waals surface area (Å²) in [6.07, 6.45) is 0.393. The molecule has 0 fully saturated rings. The van der Waals surface area contributed by atoms with Crippen LogP contribution in [0.1, 0.15) is 17.2 Å². The van der Waals surface area contributed by atoms with Gasteiger partial charge in [-0.15, -0.1) is 0 Å². The maximum absolute atomic E-state index is 14.0. The van der Waals surface area contributed by atoms with E-state index in [-0.39, 0.29) is 10.6 Å². The molecule has 0 saturated heterocycles. The van der Waals surface area contributed by atoms with E-state index in [0.29, 0.717) is 16.5 Å². The first kappa shape index (κ1) is 16.5. The molecule has 0 aromatic heterocycles. The van der Waals surface area contributed by atoms with Gasteiger partial charge in [0.25, 0.3) is 0 Å². The van der Waals surface area contributed by atoms with Gasteiger partial charge in [-0.2, -0.15) is 0 Å². The Morgan fingerprint density at radius 1 is 1.00 bits per heavy atom. The summed E-state index contributed by atoms with van der Waals surface area (Å²) < 4.78 is 27.5. The van der Waals surface area contributed by atoms with Gasteiger partial charge in [0.2, 0.25) is 0 Å². The highest BCUT2D eigenvalue weighted by atomic mass is 35.5. The van der Waals surface area contributed by atoms with E-state index in [1.807, 2.05) is 0 Å². The Morgan fingerprint density at radius 2 is 1.71 bits per heavy atom. The predicted octanol–water partition coefficient (Wildman–Crippen LogP) is 5.43. The third kappa shape index (κ3) is 3.86. The van der Waals surface area contributed by atoms with E-state index in [2.05, 4.69) is 5.32 Å². The number of likely N-dealkylation sites (N-methyl/N-ethyl adjacent to an activating group) is 1. The molecule has 0 heterocycles. The normalized spacial score (nSPS) is 12.5. The molecule has 1 unspecified atom stereocenters. The first-order valence-corrected chi connectivity index (χ1v) is 7.31. The van der Waals surface area contributed by atoms with Crippen molar-refractivity contribution in [1.29, 1.82) is 0 Å². The van der Waals surface area contributed by atoms with Crippen molar-refractivity contribution in [3.63, 3.8) is 0 Å². The van der Waals surface area contributed by atoms with Gasteiger partial charge in [-0.3, -0.25) is 0 Å². The summed E-state index contributed by atoms with van der Waals surface area (Å²) in [5.74, 6) is -1.22. The van der Waals surface area contributed by atoms with E-state index >= 15 is 0 Å². The van der Waals surface area contributed by atoms with Crippen LogP contribution in [0.25, 0.3) is 0 Å². The van der Waals surface area contributed by atoms with Crippen LogP contribution in [0.2, 0.25) is 15.1 Å². The number of rotatable bonds is 4. The van der Waals surface area contributed by atoms with Crippen LogP contribution in [0.15, 0.2) is 30.3 Å². The molecule has 0 aliphatic heterocycles. The van der Waals surface area contributed by atoms with Crippen molar-refractivity contribution in [1.82, 2.24) is 5.32 Å². The second-order valence-corrected chi connectivity index (χ2v) is 5.82. The fourth-order valence-corrected chi connectivity index (χ4v) is 2.72. The van der Waals surface area contributed by atoms with Crippen LogP contribution in [0.4, 0.5) is 8.78 Å². The van der Waals surface area contributed by atoms with Gasteiger partial charge < -0.3 is 5.32 Å². The summed E-state index contributed by atoms with van der Waals surface area (Å²) in [5.41, 5.74) is 0.987. The van der Waals surface area contributed by atoms with E-state index in [1.165, 1.54) is 0 Å². The number of halogens is 5. The lowest BCUT2D eigenvalue weighted by Crippen LogP contribution is -2.20. The highest BCUT2D eigenvalue weighted by Crippen LogP contribution is 2.29. The van der Waals surface area contributed by atoms with Crippen LogP contribution in [0.3, 0.4) is 0 Å². The Bertz CT molecular complexity index is 662. The standard InChI is InChI=1S/C15H12Cl3F2N/c1-21-15(4-8-2-3-9(16)5-11(8)17)10-6-14(20)12(18)7-13(10)19/h2-3,5-7,15,21H,4H2,1H3. The van der Waals surface area contributed by atoms with E-state index in [9.17, 15) is 8.78 Å². The third-order valence-electron chi connectivity index (χ3n) is 3.20. The highest BCUT2D eigenvalue weighted by Gasteiger charge is 2.18. The van der Waals surface area contributed by atoms with Crippen LogP contribution >= 0.6 is 34.8 Å². The Balaban J connectivity index is 2.34.